The number of hydrogen-bond donors (Lipinski definition) is 3. The molecule has 2 saturated carbocycles. The fraction of sp³-hybridized carbons (Fsp3) is 0.667. The minimum Gasteiger partial charge on any atom is -0.487 e. The van der Waals surface area contributed by atoms with Crippen molar-refractivity contribution < 1.29 is 24.2 Å². The smallest absolute Gasteiger partial charge is 0.224 e. The summed E-state index contributed by atoms with van der Waals surface area (Å²) in [6, 6.07) is 6.02. The van der Waals surface area contributed by atoms with Crippen LogP contribution < -0.4 is 15.4 Å². The van der Waals surface area contributed by atoms with E-state index in [0.717, 1.165) is 42.7 Å². The first-order valence-electron chi connectivity index (χ1n) is 11.7. The molecule has 1 aromatic rings. The third-order valence-electron chi connectivity index (χ3n) is 7.09. The molecule has 0 bridgehead atoms. The molecule has 0 unspecified atom stereocenters. The van der Waals surface area contributed by atoms with Crippen molar-refractivity contribution in [3.63, 3.8) is 0 Å². The Labute approximate surface area is 182 Å². The Bertz CT molecular complexity index is 833. The number of aliphatic hydroxyl groups excluding tert-OH is 1. The van der Waals surface area contributed by atoms with E-state index in [4.69, 9.17) is 9.47 Å². The standard InChI is InChI=1S/C24H32N2O5/c27-13-21-24-19(11-17(30-21)12-23(29)25-15-3-1-2-4-15)18-10-16(7-8-20(18)31-24)26-22(28)9-14-5-6-14/h7-8,10,14-15,17,19,21,24,27H,1-6,9,11-13H2,(H,25,29)(H,26,28)/t17-,19-,21-,24+/m1/s1. The van der Waals surface area contributed by atoms with Gasteiger partial charge in [-0.1, -0.05) is 12.8 Å². The number of nitrogens with one attached hydrogen (secondary N) is 2. The van der Waals surface area contributed by atoms with Crippen LogP contribution in [0.25, 0.3) is 0 Å². The summed E-state index contributed by atoms with van der Waals surface area (Å²) in [6.07, 6.45) is 7.28. The number of rotatable bonds is 7. The van der Waals surface area contributed by atoms with Crippen LogP contribution in [0.3, 0.4) is 0 Å². The maximum Gasteiger partial charge on any atom is 0.224 e. The normalized spacial score (nSPS) is 29.7. The summed E-state index contributed by atoms with van der Waals surface area (Å²) in [5.74, 6) is 1.42. The molecule has 5 rings (SSSR count). The van der Waals surface area contributed by atoms with Gasteiger partial charge in [-0.2, -0.15) is 0 Å². The number of anilines is 1. The van der Waals surface area contributed by atoms with Gasteiger partial charge in [0.05, 0.1) is 19.1 Å². The van der Waals surface area contributed by atoms with Crippen molar-refractivity contribution in [3.8, 4) is 5.75 Å². The van der Waals surface area contributed by atoms with Crippen LogP contribution in [0, 0.1) is 5.92 Å². The third-order valence-corrected chi connectivity index (χ3v) is 7.09. The lowest BCUT2D eigenvalue weighted by Gasteiger charge is -2.37. The fourth-order valence-electron chi connectivity index (χ4n) is 5.33. The Balaban J connectivity index is 1.26. The first-order valence-corrected chi connectivity index (χ1v) is 11.7. The van der Waals surface area contributed by atoms with Crippen LogP contribution in [-0.2, 0) is 14.3 Å². The van der Waals surface area contributed by atoms with Crippen molar-refractivity contribution in [1.29, 1.82) is 0 Å². The molecule has 2 heterocycles. The van der Waals surface area contributed by atoms with Gasteiger partial charge < -0.3 is 25.2 Å². The van der Waals surface area contributed by atoms with Crippen molar-refractivity contribution in [1.82, 2.24) is 5.32 Å². The minimum atomic E-state index is -0.469. The van der Waals surface area contributed by atoms with E-state index in [1.807, 2.05) is 18.2 Å². The van der Waals surface area contributed by atoms with Gasteiger partial charge in [-0.05, 0) is 56.2 Å². The van der Waals surface area contributed by atoms with Crippen LogP contribution in [0.2, 0.25) is 0 Å². The predicted molar refractivity (Wildman–Crippen MR) is 115 cm³/mol. The van der Waals surface area contributed by atoms with Crippen molar-refractivity contribution in [2.45, 2.75) is 88.1 Å². The van der Waals surface area contributed by atoms with E-state index >= 15 is 0 Å². The number of carbonyl (C=O) groups is 2. The van der Waals surface area contributed by atoms with Crippen molar-refractivity contribution in [2.75, 3.05) is 11.9 Å². The van der Waals surface area contributed by atoms with E-state index in [0.29, 0.717) is 25.2 Å². The zero-order valence-electron chi connectivity index (χ0n) is 17.8. The summed E-state index contributed by atoms with van der Waals surface area (Å²) in [7, 11) is 0. The lowest BCUT2D eigenvalue weighted by Crippen LogP contribution is -2.47. The molecule has 2 amide bonds. The van der Waals surface area contributed by atoms with Gasteiger partial charge in [-0.15, -0.1) is 0 Å². The molecule has 7 heteroatoms. The fourth-order valence-corrected chi connectivity index (χ4v) is 5.33. The van der Waals surface area contributed by atoms with Crippen LogP contribution >= 0.6 is 0 Å². The Morgan fingerprint density at radius 1 is 1.06 bits per heavy atom. The molecule has 3 fully saturated rings. The second-order valence-electron chi connectivity index (χ2n) is 9.61. The Morgan fingerprint density at radius 2 is 1.87 bits per heavy atom. The molecule has 1 aromatic carbocycles. The molecule has 2 aliphatic carbocycles. The summed E-state index contributed by atoms with van der Waals surface area (Å²) < 4.78 is 12.2. The average Bonchev–Trinajstić information content (AvgIpc) is 3.26. The van der Waals surface area contributed by atoms with Gasteiger partial charge in [0.15, 0.2) is 0 Å². The highest BCUT2D eigenvalue weighted by Gasteiger charge is 2.46. The molecular formula is C24H32N2O5. The first kappa shape index (κ1) is 20.8. The molecule has 0 spiro atoms. The molecule has 168 valence electrons. The lowest BCUT2D eigenvalue weighted by atomic mass is 9.84. The van der Waals surface area contributed by atoms with E-state index in [1.165, 1.54) is 12.8 Å². The summed E-state index contributed by atoms with van der Waals surface area (Å²) >= 11 is 0. The van der Waals surface area contributed by atoms with Gasteiger partial charge in [0.25, 0.3) is 0 Å². The Morgan fingerprint density at radius 3 is 2.61 bits per heavy atom. The maximum atomic E-state index is 12.5. The molecule has 4 aliphatic rings. The summed E-state index contributed by atoms with van der Waals surface area (Å²) in [5, 5.41) is 16.0. The van der Waals surface area contributed by atoms with Crippen molar-refractivity contribution in [3.05, 3.63) is 23.8 Å². The topological polar surface area (TPSA) is 96.9 Å². The Kier molecular flexibility index (Phi) is 5.89. The largest absolute Gasteiger partial charge is 0.487 e. The molecule has 3 N–H and O–H groups in total. The molecule has 2 aliphatic heterocycles. The van der Waals surface area contributed by atoms with Gasteiger partial charge in [-0.25, -0.2) is 0 Å². The number of amides is 2. The van der Waals surface area contributed by atoms with Crippen LogP contribution in [0.1, 0.15) is 69.3 Å². The first-order chi connectivity index (χ1) is 15.1. The zero-order chi connectivity index (χ0) is 21.4. The molecule has 1 saturated heterocycles. The van der Waals surface area contributed by atoms with Crippen LogP contribution in [-0.4, -0.2) is 47.9 Å². The summed E-state index contributed by atoms with van der Waals surface area (Å²) in [5.41, 5.74) is 1.80. The average molecular weight is 429 g/mol. The van der Waals surface area contributed by atoms with Gasteiger partial charge in [-0.3, -0.25) is 9.59 Å². The van der Waals surface area contributed by atoms with Gasteiger partial charge in [0, 0.05) is 29.6 Å². The maximum absolute atomic E-state index is 12.5. The van der Waals surface area contributed by atoms with E-state index < -0.39 is 6.10 Å². The second-order valence-corrected chi connectivity index (χ2v) is 9.61. The number of benzene rings is 1. The highest BCUT2D eigenvalue weighted by molar-refractivity contribution is 5.91. The van der Waals surface area contributed by atoms with E-state index in [9.17, 15) is 14.7 Å². The molecule has 0 aromatic heterocycles. The van der Waals surface area contributed by atoms with E-state index in [1.54, 1.807) is 0 Å². The van der Waals surface area contributed by atoms with Gasteiger partial charge in [0.2, 0.25) is 11.8 Å². The SMILES string of the molecule is O=C(CC1CC1)Nc1ccc2c(c1)[C@H]1C[C@H](CC(=O)NC3CCCC3)O[C@H](CO)[C@H]1O2. The molecular weight excluding hydrogens is 396 g/mol. The Hall–Kier alpha value is -2.12. The van der Waals surface area contributed by atoms with Crippen LogP contribution in [0.5, 0.6) is 5.75 Å². The quantitative estimate of drug-likeness (QED) is 0.621. The van der Waals surface area contributed by atoms with Crippen molar-refractivity contribution in [2.24, 2.45) is 5.92 Å². The number of aliphatic hydroxyl groups is 1. The van der Waals surface area contributed by atoms with Crippen LogP contribution in [0.15, 0.2) is 18.2 Å². The van der Waals surface area contributed by atoms with Gasteiger partial charge in [0.1, 0.15) is 18.0 Å². The minimum absolute atomic E-state index is 0.0206. The molecule has 4 atom stereocenters. The highest BCUT2D eigenvalue weighted by Crippen LogP contribution is 2.47. The summed E-state index contributed by atoms with van der Waals surface area (Å²) in [4.78, 5) is 24.8. The van der Waals surface area contributed by atoms with Gasteiger partial charge >= 0.3 is 0 Å². The second kappa shape index (κ2) is 8.79. The third kappa shape index (κ3) is 4.72. The summed E-state index contributed by atoms with van der Waals surface area (Å²) in [6.45, 7) is -0.152. The van der Waals surface area contributed by atoms with Crippen molar-refractivity contribution >= 4 is 17.5 Å². The number of ether oxygens (including phenoxy) is 2. The lowest BCUT2D eigenvalue weighted by molar-refractivity contribution is -0.142. The van der Waals surface area contributed by atoms with E-state index in [2.05, 4.69) is 10.6 Å². The molecule has 31 heavy (non-hydrogen) atoms. The van der Waals surface area contributed by atoms with E-state index in [-0.39, 0.29) is 42.6 Å². The highest BCUT2D eigenvalue weighted by atomic mass is 16.6. The monoisotopic (exact) mass is 428 g/mol. The number of fused-ring (bicyclic) bond motifs is 3. The van der Waals surface area contributed by atoms with Crippen LogP contribution in [0.4, 0.5) is 5.69 Å². The predicted octanol–water partition coefficient (Wildman–Crippen LogP) is 2.87. The molecule has 7 nitrogen and oxygen atoms in total. The number of hydrogen-bond acceptors (Lipinski definition) is 5. The zero-order valence-corrected chi connectivity index (χ0v) is 17.8. The number of carbonyl (C=O) groups excluding carboxylic acids is 2. The molecule has 0 radical (unpaired) electrons.